The van der Waals surface area contributed by atoms with Crippen molar-refractivity contribution in [2.75, 3.05) is 0 Å². The summed E-state index contributed by atoms with van der Waals surface area (Å²) in [6.45, 7) is 0. The molecule has 0 aliphatic rings. The quantitative estimate of drug-likeness (QED) is 0.176. The molecule has 0 amide bonds. The molecule has 0 N–H and O–H groups in total. The van der Waals surface area contributed by atoms with Gasteiger partial charge in [0.1, 0.15) is 11.2 Å². The number of benzene rings is 8. The van der Waals surface area contributed by atoms with Crippen LogP contribution in [0.5, 0.6) is 0 Å². The maximum absolute atomic E-state index is 6.69. The molecule has 0 radical (unpaired) electrons. The third-order valence-electron chi connectivity index (χ3n) is 11.1. The van der Waals surface area contributed by atoms with Gasteiger partial charge in [0.05, 0.1) is 22.1 Å². The maximum Gasteiger partial charge on any atom is 0.165 e. The highest BCUT2D eigenvalue weighted by Gasteiger charge is 2.20. The first-order chi connectivity index (χ1) is 28.3. The van der Waals surface area contributed by atoms with E-state index in [0.717, 1.165) is 60.1 Å². The normalized spacial score (nSPS) is 11.9. The summed E-state index contributed by atoms with van der Waals surface area (Å²) in [6, 6.07) is 63.6. The van der Waals surface area contributed by atoms with Crippen LogP contribution in [0.4, 0.5) is 0 Å². The van der Waals surface area contributed by atoms with Crippen LogP contribution in [0, 0.1) is 0 Å². The topological polar surface area (TPSA) is 56.7 Å². The molecule has 8 aromatic carbocycles. The van der Waals surface area contributed by atoms with Crippen LogP contribution in [0.2, 0.25) is 0 Å². The molecular formula is C51H30N4OS. The second kappa shape index (κ2) is 12.6. The molecule has 4 heterocycles. The number of para-hydroxylation sites is 2. The van der Waals surface area contributed by atoms with E-state index in [1.54, 1.807) is 11.3 Å². The van der Waals surface area contributed by atoms with Gasteiger partial charge in [-0.3, -0.25) is 0 Å². The highest BCUT2D eigenvalue weighted by atomic mass is 32.1. The fourth-order valence-electron chi connectivity index (χ4n) is 8.50. The number of furan rings is 1. The van der Waals surface area contributed by atoms with E-state index in [2.05, 4.69) is 126 Å². The zero-order chi connectivity index (χ0) is 37.5. The van der Waals surface area contributed by atoms with E-state index in [9.17, 15) is 0 Å². The maximum atomic E-state index is 6.69. The fraction of sp³-hybridized carbons (Fsp3) is 0. The van der Waals surface area contributed by atoms with Crippen molar-refractivity contribution in [3.05, 3.63) is 182 Å². The third kappa shape index (κ3) is 4.98. The summed E-state index contributed by atoms with van der Waals surface area (Å²) in [5.41, 5.74) is 10.4. The summed E-state index contributed by atoms with van der Waals surface area (Å²) in [7, 11) is 0. The minimum Gasteiger partial charge on any atom is -0.456 e. The van der Waals surface area contributed by atoms with Crippen molar-refractivity contribution in [3.63, 3.8) is 0 Å². The van der Waals surface area contributed by atoms with E-state index in [1.165, 1.54) is 37.3 Å². The molecule has 0 aliphatic carbocycles. The Morgan fingerprint density at radius 3 is 1.60 bits per heavy atom. The minimum absolute atomic E-state index is 0.652. The summed E-state index contributed by atoms with van der Waals surface area (Å²) in [4.78, 5) is 15.1. The van der Waals surface area contributed by atoms with Gasteiger partial charge in [-0.25, -0.2) is 15.0 Å². The first kappa shape index (κ1) is 31.9. The second-order valence-electron chi connectivity index (χ2n) is 14.3. The first-order valence-electron chi connectivity index (χ1n) is 19.0. The van der Waals surface area contributed by atoms with Crippen LogP contribution >= 0.6 is 11.3 Å². The van der Waals surface area contributed by atoms with Crippen molar-refractivity contribution >= 4 is 75.3 Å². The Labute approximate surface area is 330 Å². The number of hydrogen-bond acceptors (Lipinski definition) is 5. The molecular weight excluding hydrogens is 717 g/mol. The molecule has 12 rings (SSSR count). The number of rotatable bonds is 5. The highest BCUT2D eigenvalue weighted by Crippen LogP contribution is 2.45. The van der Waals surface area contributed by atoms with Crippen LogP contribution in [0.15, 0.2) is 186 Å². The number of aromatic nitrogens is 4. The van der Waals surface area contributed by atoms with Gasteiger partial charge in [-0.1, -0.05) is 140 Å². The van der Waals surface area contributed by atoms with Crippen molar-refractivity contribution in [3.8, 4) is 51.0 Å². The van der Waals surface area contributed by atoms with Crippen LogP contribution in [-0.2, 0) is 0 Å². The molecule has 6 heteroatoms. The first-order valence-corrected chi connectivity index (χ1v) is 19.8. The Bertz CT molecular complexity index is 3420. The van der Waals surface area contributed by atoms with Gasteiger partial charge in [0.2, 0.25) is 0 Å². The smallest absolute Gasteiger partial charge is 0.165 e. The Hall–Kier alpha value is -7.41. The average molecular weight is 747 g/mol. The minimum atomic E-state index is 0.652. The Morgan fingerprint density at radius 1 is 0.386 bits per heavy atom. The van der Waals surface area contributed by atoms with Gasteiger partial charge < -0.3 is 8.98 Å². The van der Waals surface area contributed by atoms with Crippen LogP contribution in [0.25, 0.3) is 115 Å². The number of fused-ring (bicyclic) bond motifs is 9. The summed E-state index contributed by atoms with van der Waals surface area (Å²) < 4.78 is 11.4. The van der Waals surface area contributed by atoms with E-state index in [0.29, 0.717) is 17.5 Å². The molecule has 0 unspecified atom stereocenters. The lowest BCUT2D eigenvalue weighted by Crippen LogP contribution is -2.00. The van der Waals surface area contributed by atoms with Crippen molar-refractivity contribution in [1.29, 1.82) is 0 Å². The number of thiophene rings is 1. The van der Waals surface area contributed by atoms with E-state index in [-0.39, 0.29) is 0 Å². The van der Waals surface area contributed by atoms with E-state index < -0.39 is 0 Å². The Balaban J connectivity index is 1.02. The van der Waals surface area contributed by atoms with Crippen molar-refractivity contribution in [2.45, 2.75) is 0 Å². The lowest BCUT2D eigenvalue weighted by atomic mass is 10.0. The van der Waals surface area contributed by atoms with E-state index >= 15 is 0 Å². The monoisotopic (exact) mass is 746 g/mol. The van der Waals surface area contributed by atoms with Crippen molar-refractivity contribution in [1.82, 2.24) is 19.5 Å². The molecule has 0 bridgehead atoms. The van der Waals surface area contributed by atoms with Crippen LogP contribution in [0.3, 0.4) is 0 Å². The lowest BCUT2D eigenvalue weighted by molar-refractivity contribution is 0.669. The molecule has 4 aromatic heterocycles. The van der Waals surface area contributed by atoms with Crippen LogP contribution in [0.1, 0.15) is 0 Å². The Kier molecular flexibility index (Phi) is 7.03. The predicted molar refractivity (Wildman–Crippen MR) is 236 cm³/mol. The molecule has 266 valence electrons. The zero-order valence-electron chi connectivity index (χ0n) is 30.4. The molecule has 0 spiro atoms. The molecule has 0 saturated heterocycles. The van der Waals surface area contributed by atoms with Crippen molar-refractivity contribution in [2.24, 2.45) is 0 Å². The average Bonchev–Trinajstić information content (AvgIpc) is 3.96. The SMILES string of the molecule is c1ccc(-c2nc(-c3ccccc3)nc(-c3cccc4c3sc3c(-c5ccc6c(c5)oc5cccc(-n7c8ccccc8c8ccccc87)c56)cccc34)n2)cc1. The largest absolute Gasteiger partial charge is 0.456 e. The predicted octanol–water partition coefficient (Wildman–Crippen LogP) is 13.9. The summed E-state index contributed by atoms with van der Waals surface area (Å²) in [6.07, 6.45) is 0. The standard InChI is InChI=1S/C51H30N4OS/c1-3-14-31(15-4-1)49-52-50(32-16-5-2-6-17-32)54-51(53-49)40-23-12-22-38-37-21-11-20-34(47(37)57-48(38)40)33-28-29-39-45(30-33)56-44-27-13-26-43(46(39)44)55-41-24-9-7-18-35(41)36-19-8-10-25-42(36)55/h1-30H. The highest BCUT2D eigenvalue weighted by molar-refractivity contribution is 7.26. The van der Waals surface area contributed by atoms with Crippen molar-refractivity contribution < 1.29 is 4.42 Å². The molecule has 0 fully saturated rings. The molecule has 5 nitrogen and oxygen atoms in total. The molecule has 0 saturated carbocycles. The molecule has 0 aliphatic heterocycles. The van der Waals surface area contributed by atoms with Gasteiger partial charge in [-0.15, -0.1) is 11.3 Å². The van der Waals surface area contributed by atoms with Crippen LogP contribution in [-0.4, -0.2) is 19.5 Å². The lowest BCUT2D eigenvalue weighted by Gasteiger charge is -2.09. The zero-order valence-corrected chi connectivity index (χ0v) is 31.2. The Morgan fingerprint density at radius 2 is 0.930 bits per heavy atom. The molecule has 57 heavy (non-hydrogen) atoms. The van der Waals surface area contributed by atoms with Gasteiger partial charge in [0, 0.05) is 53.0 Å². The van der Waals surface area contributed by atoms with E-state index in [4.69, 9.17) is 19.4 Å². The summed E-state index contributed by atoms with van der Waals surface area (Å²) in [5, 5.41) is 7.06. The third-order valence-corrected chi connectivity index (χ3v) is 12.4. The molecule has 12 aromatic rings. The van der Waals surface area contributed by atoms with Gasteiger partial charge in [-0.2, -0.15) is 0 Å². The second-order valence-corrected chi connectivity index (χ2v) is 15.4. The van der Waals surface area contributed by atoms with Gasteiger partial charge in [0.25, 0.3) is 0 Å². The van der Waals surface area contributed by atoms with Gasteiger partial charge >= 0.3 is 0 Å². The van der Waals surface area contributed by atoms with Crippen LogP contribution < -0.4 is 0 Å². The van der Waals surface area contributed by atoms with Gasteiger partial charge in [0.15, 0.2) is 17.5 Å². The fourth-order valence-corrected chi connectivity index (χ4v) is 9.84. The number of hydrogen-bond donors (Lipinski definition) is 0. The number of nitrogens with zero attached hydrogens (tertiary/aromatic N) is 4. The molecule has 0 atom stereocenters. The summed E-state index contributed by atoms with van der Waals surface area (Å²) >= 11 is 1.79. The van der Waals surface area contributed by atoms with Gasteiger partial charge in [-0.05, 0) is 53.6 Å². The van der Waals surface area contributed by atoms with E-state index in [1.807, 2.05) is 60.7 Å². The summed E-state index contributed by atoms with van der Waals surface area (Å²) in [5.74, 6) is 1.96.